The Kier molecular flexibility index (Phi) is 5.08. The van der Waals surface area contributed by atoms with Crippen molar-refractivity contribution in [2.24, 2.45) is 0 Å². The van der Waals surface area contributed by atoms with Crippen molar-refractivity contribution in [1.29, 1.82) is 0 Å². The van der Waals surface area contributed by atoms with Crippen LogP contribution in [0, 0.1) is 0 Å². The highest BCUT2D eigenvalue weighted by molar-refractivity contribution is 5.92. The van der Waals surface area contributed by atoms with Gasteiger partial charge in [0.05, 0.1) is 12.7 Å². The topological polar surface area (TPSA) is 75.8 Å². The number of aliphatic hydroxyl groups is 1. The predicted octanol–water partition coefficient (Wildman–Crippen LogP) is 1.42. The second kappa shape index (κ2) is 7.01. The van der Waals surface area contributed by atoms with Gasteiger partial charge in [-0.05, 0) is 12.1 Å². The Bertz CT molecular complexity index is 582. The summed E-state index contributed by atoms with van der Waals surface area (Å²) in [5.41, 5.74) is 1.01. The van der Waals surface area contributed by atoms with E-state index in [1.807, 2.05) is 30.3 Å². The number of hydrogen-bond donors (Lipinski definition) is 1. The molecule has 1 atom stereocenters. The number of benzene rings is 1. The molecule has 0 spiro atoms. The highest BCUT2D eigenvalue weighted by Gasteiger charge is 2.19. The summed E-state index contributed by atoms with van der Waals surface area (Å²) in [6.45, 7) is 0.339. The summed E-state index contributed by atoms with van der Waals surface area (Å²) in [5.74, 6) is 0.0841. The first-order chi connectivity index (χ1) is 10.1. The van der Waals surface area contributed by atoms with Crippen LogP contribution in [0.25, 0.3) is 11.5 Å². The molecule has 6 nitrogen and oxygen atoms in total. The number of methoxy groups -OCH3 is 1. The molecule has 0 fully saturated rings. The summed E-state index contributed by atoms with van der Waals surface area (Å²) in [4.78, 5) is 17.7. The number of ether oxygens (including phenoxy) is 1. The van der Waals surface area contributed by atoms with Gasteiger partial charge in [-0.1, -0.05) is 18.2 Å². The quantitative estimate of drug-likeness (QED) is 0.870. The van der Waals surface area contributed by atoms with Gasteiger partial charge in [0, 0.05) is 26.3 Å². The largest absolute Gasteiger partial charge is 0.444 e. The Morgan fingerprint density at radius 2 is 2.14 bits per heavy atom. The summed E-state index contributed by atoms with van der Waals surface area (Å²) in [5, 5.41) is 9.64. The maximum Gasteiger partial charge on any atom is 0.275 e. The molecule has 0 bridgehead atoms. The molecule has 1 heterocycles. The van der Waals surface area contributed by atoms with Gasteiger partial charge < -0.3 is 19.2 Å². The number of hydrogen-bond acceptors (Lipinski definition) is 5. The Morgan fingerprint density at radius 3 is 2.81 bits per heavy atom. The molecule has 0 saturated heterocycles. The van der Waals surface area contributed by atoms with E-state index < -0.39 is 6.10 Å². The lowest BCUT2D eigenvalue weighted by Gasteiger charge is -2.19. The molecule has 21 heavy (non-hydrogen) atoms. The van der Waals surface area contributed by atoms with Crippen molar-refractivity contribution in [2.45, 2.75) is 6.10 Å². The lowest BCUT2D eigenvalue weighted by molar-refractivity contribution is 0.0378. The molecule has 0 saturated carbocycles. The fourth-order valence-electron chi connectivity index (χ4n) is 1.92. The van der Waals surface area contributed by atoms with Gasteiger partial charge >= 0.3 is 0 Å². The molecular weight excluding hydrogens is 272 g/mol. The molecule has 2 rings (SSSR count). The highest BCUT2D eigenvalue weighted by atomic mass is 16.5. The van der Waals surface area contributed by atoms with Crippen LogP contribution < -0.4 is 0 Å². The Balaban J connectivity index is 2.05. The summed E-state index contributed by atoms with van der Waals surface area (Å²) in [7, 11) is 3.09. The minimum absolute atomic E-state index is 0.167. The first-order valence-electron chi connectivity index (χ1n) is 6.55. The number of carbonyl (C=O) groups excluding carboxylic acids is 1. The first-order valence-corrected chi connectivity index (χ1v) is 6.55. The molecule has 1 unspecified atom stereocenters. The second-order valence-electron chi connectivity index (χ2n) is 4.70. The monoisotopic (exact) mass is 290 g/mol. The lowest BCUT2D eigenvalue weighted by Crippen LogP contribution is -2.36. The minimum atomic E-state index is -0.732. The van der Waals surface area contributed by atoms with Crippen molar-refractivity contribution in [3.8, 4) is 11.5 Å². The van der Waals surface area contributed by atoms with E-state index in [0.29, 0.717) is 5.89 Å². The maximum absolute atomic E-state index is 12.2. The third-order valence-corrected chi connectivity index (χ3v) is 2.93. The van der Waals surface area contributed by atoms with E-state index >= 15 is 0 Å². The van der Waals surface area contributed by atoms with Gasteiger partial charge in [-0.25, -0.2) is 4.98 Å². The zero-order valence-electron chi connectivity index (χ0n) is 12.0. The van der Waals surface area contributed by atoms with E-state index in [2.05, 4.69) is 4.98 Å². The van der Waals surface area contributed by atoms with Crippen LogP contribution in [-0.2, 0) is 4.74 Å². The molecule has 0 aliphatic heterocycles. The van der Waals surface area contributed by atoms with Crippen molar-refractivity contribution in [3.63, 3.8) is 0 Å². The van der Waals surface area contributed by atoms with E-state index in [0.717, 1.165) is 5.56 Å². The van der Waals surface area contributed by atoms with Crippen molar-refractivity contribution >= 4 is 5.91 Å². The number of aliphatic hydroxyl groups excluding tert-OH is 1. The SMILES string of the molecule is COCC(O)CN(C)C(=O)c1coc(-c2ccccc2)n1. The number of aromatic nitrogens is 1. The molecule has 0 aliphatic rings. The van der Waals surface area contributed by atoms with E-state index in [9.17, 15) is 9.90 Å². The van der Waals surface area contributed by atoms with E-state index in [1.165, 1.54) is 18.3 Å². The van der Waals surface area contributed by atoms with Crippen LogP contribution in [0.5, 0.6) is 0 Å². The van der Waals surface area contributed by atoms with Gasteiger partial charge in [0.1, 0.15) is 6.26 Å². The molecule has 1 amide bonds. The molecule has 112 valence electrons. The number of rotatable bonds is 6. The van der Waals surface area contributed by atoms with Crippen molar-refractivity contribution in [2.75, 3.05) is 27.3 Å². The molecule has 1 N–H and O–H groups in total. The summed E-state index contributed by atoms with van der Waals surface area (Å²) < 4.78 is 10.2. The predicted molar refractivity (Wildman–Crippen MR) is 76.8 cm³/mol. The van der Waals surface area contributed by atoms with Gasteiger partial charge in [-0.2, -0.15) is 0 Å². The third kappa shape index (κ3) is 3.90. The van der Waals surface area contributed by atoms with Crippen LogP contribution in [0.2, 0.25) is 0 Å². The number of oxazole rings is 1. The summed E-state index contributed by atoms with van der Waals surface area (Å²) in [6.07, 6.45) is 0.591. The van der Waals surface area contributed by atoms with Gasteiger partial charge in [0.15, 0.2) is 5.69 Å². The number of likely N-dealkylation sites (N-methyl/N-ethyl adjacent to an activating group) is 1. The van der Waals surface area contributed by atoms with Gasteiger partial charge in [0.2, 0.25) is 5.89 Å². The third-order valence-electron chi connectivity index (χ3n) is 2.93. The van der Waals surface area contributed by atoms with Crippen molar-refractivity contribution in [1.82, 2.24) is 9.88 Å². The average Bonchev–Trinajstić information content (AvgIpc) is 2.97. The van der Waals surface area contributed by atoms with E-state index in [-0.39, 0.29) is 24.8 Å². The Morgan fingerprint density at radius 1 is 1.43 bits per heavy atom. The molecule has 0 radical (unpaired) electrons. The Labute approximate surface area is 123 Å². The number of amides is 1. The van der Waals surface area contributed by atoms with Crippen LogP contribution in [0.3, 0.4) is 0 Å². The van der Waals surface area contributed by atoms with Gasteiger partial charge in [-0.3, -0.25) is 4.79 Å². The fourth-order valence-corrected chi connectivity index (χ4v) is 1.92. The van der Waals surface area contributed by atoms with Crippen molar-refractivity contribution in [3.05, 3.63) is 42.3 Å². The van der Waals surface area contributed by atoms with E-state index in [1.54, 1.807) is 7.05 Å². The van der Waals surface area contributed by atoms with Crippen LogP contribution >= 0.6 is 0 Å². The summed E-state index contributed by atoms with van der Waals surface area (Å²) in [6, 6.07) is 9.34. The molecule has 1 aromatic carbocycles. The zero-order chi connectivity index (χ0) is 15.2. The van der Waals surface area contributed by atoms with E-state index in [4.69, 9.17) is 9.15 Å². The normalized spacial score (nSPS) is 12.1. The first kappa shape index (κ1) is 15.2. The summed E-state index contributed by atoms with van der Waals surface area (Å²) >= 11 is 0. The standard InChI is InChI=1S/C15H18N2O4/c1-17(8-12(18)9-20-2)15(19)13-10-21-14(16-13)11-6-4-3-5-7-11/h3-7,10,12,18H,8-9H2,1-2H3. The number of carbonyl (C=O) groups is 1. The number of nitrogens with zero attached hydrogens (tertiary/aromatic N) is 2. The van der Waals surface area contributed by atoms with Crippen LogP contribution in [0.15, 0.2) is 41.0 Å². The molecule has 6 heteroatoms. The fraction of sp³-hybridized carbons (Fsp3) is 0.333. The van der Waals surface area contributed by atoms with Crippen molar-refractivity contribution < 1.29 is 19.1 Å². The second-order valence-corrected chi connectivity index (χ2v) is 4.70. The van der Waals surface area contributed by atoms with Crippen LogP contribution in [0.1, 0.15) is 10.5 Å². The molecule has 2 aromatic rings. The lowest BCUT2D eigenvalue weighted by atomic mass is 10.2. The van der Waals surface area contributed by atoms with Crippen LogP contribution in [0.4, 0.5) is 0 Å². The Hall–Kier alpha value is -2.18. The highest BCUT2D eigenvalue weighted by Crippen LogP contribution is 2.18. The molecule has 1 aromatic heterocycles. The smallest absolute Gasteiger partial charge is 0.275 e. The average molecular weight is 290 g/mol. The van der Waals surface area contributed by atoms with Gasteiger partial charge in [-0.15, -0.1) is 0 Å². The maximum atomic E-state index is 12.2. The molecular formula is C15H18N2O4. The van der Waals surface area contributed by atoms with Crippen LogP contribution in [-0.4, -0.2) is 54.3 Å². The van der Waals surface area contributed by atoms with Gasteiger partial charge in [0.25, 0.3) is 5.91 Å². The minimum Gasteiger partial charge on any atom is -0.444 e. The zero-order valence-corrected chi connectivity index (χ0v) is 12.0. The molecule has 0 aliphatic carbocycles.